The highest BCUT2D eigenvalue weighted by molar-refractivity contribution is 4.76. The number of ether oxygens (including phenoxy) is 1. The summed E-state index contributed by atoms with van der Waals surface area (Å²) in [6.07, 6.45) is 4.15. The Morgan fingerprint density at radius 1 is 1.41 bits per heavy atom. The molecule has 0 saturated carbocycles. The molecule has 0 spiro atoms. The summed E-state index contributed by atoms with van der Waals surface area (Å²) >= 11 is 0. The average Bonchev–Trinajstić information content (AvgIpc) is 2.76. The maximum absolute atomic E-state index is 5.68. The van der Waals surface area contributed by atoms with Crippen LogP contribution in [0.3, 0.4) is 0 Å². The fraction of sp³-hybridized carbons (Fsp3) is 1.00. The Morgan fingerprint density at radius 3 is 2.71 bits per heavy atom. The van der Waals surface area contributed by atoms with Gasteiger partial charge in [0.25, 0.3) is 0 Å². The van der Waals surface area contributed by atoms with Gasteiger partial charge < -0.3 is 15.0 Å². The fourth-order valence-corrected chi connectivity index (χ4v) is 2.39. The molecule has 0 amide bonds. The van der Waals surface area contributed by atoms with Crippen molar-refractivity contribution in [1.29, 1.82) is 0 Å². The Balaban J connectivity index is 2.26. The molecule has 0 radical (unpaired) electrons. The lowest BCUT2D eigenvalue weighted by atomic mass is 10.0. The van der Waals surface area contributed by atoms with E-state index >= 15 is 0 Å². The molecule has 102 valence electrons. The number of hydrogen-bond acceptors (Lipinski definition) is 3. The third-order valence-corrected chi connectivity index (χ3v) is 3.51. The van der Waals surface area contributed by atoms with Crippen molar-refractivity contribution in [3.05, 3.63) is 0 Å². The van der Waals surface area contributed by atoms with Crippen molar-refractivity contribution in [3.63, 3.8) is 0 Å². The van der Waals surface area contributed by atoms with Crippen LogP contribution in [-0.2, 0) is 4.74 Å². The number of nitrogens with one attached hydrogen (secondary N) is 1. The second-order valence-electron chi connectivity index (χ2n) is 5.66. The Hall–Kier alpha value is -0.120. The first-order valence-corrected chi connectivity index (χ1v) is 7.17. The molecule has 0 aliphatic carbocycles. The van der Waals surface area contributed by atoms with Gasteiger partial charge >= 0.3 is 0 Å². The summed E-state index contributed by atoms with van der Waals surface area (Å²) in [6, 6.07) is 0.598. The first-order valence-electron chi connectivity index (χ1n) is 7.17. The molecule has 1 saturated heterocycles. The van der Waals surface area contributed by atoms with Crippen LogP contribution < -0.4 is 5.32 Å². The number of nitrogens with zero attached hydrogens (tertiary/aromatic N) is 1. The molecular formula is C14H30N2O. The summed E-state index contributed by atoms with van der Waals surface area (Å²) in [6.45, 7) is 11.1. The van der Waals surface area contributed by atoms with E-state index in [0.717, 1.165) is 26.2 Å². The highest BCUT2D eigenvalue weighted by Gasteiger charge is 2.20. The molecule has 1 rings (SSSR count). The van der Waals surface area contributed by atoms with Crippen LogP contribution in [0.25, 0.3) is 0 Å². The molecule has 0 aromatic carbocycles. The van der Waals surface area contributed by atoms with Crippen LogP contribution >= 0.6 is 0 Å². The molecule has 0 bridgehead atoms. The molecule has 1 aliphatic heterocycles. The lowest BCUT2D eigenvalue weighted by Crippen LogP contribution is -2.45. The Kier molecular flexibility index (Phi) is 7.09. The number of hydrogen-bond donors (Lipinski definition) is 1. The fourth-order valence-electron chi connectivity index (χ4n) is 2.39. The van der Waals surface area contributed by atoms with Crippen LogP contribution in [0.4, 0.5) is 0 Å². The van der Waals surface area contributed by atoms with Crippen LogP contribution in [0, 0.1) is 5.92 Å². The average molecular weight is 242 g/mol. The highest BCUT2D eigenvalue weighted by Crippen LogP contribution is 2.13. The van der Waals surface area contributed by atoms with Gasteiger partial charge in [0.2, 0.25) is 0 Å². The summed E-state index contributed by atoms with van der Waals surface area (Å²) in [5.41, 5.74) is 0. The Morgan fingerprint density at radius 2 is 2.18 bits per heavy atom. The third kappa shape index (κ3) is 5.84. The SMILES string of the molecule is CCCNC(CN(C)CC1CCCO1)C(C)C. The van der Waals surface area contributed by atoms with Gasteiger partial charge in [-0.05, 0) is 38.8 Å². The second-order valence-corrected chi connectivity index (χ2v) is 5.66. The predicted octanol–water partition coefficient (Wildman–Crippen LogP) is 2.12. The first-order chi connectivity index (χ1) is 8.13. The molecule has 1 fully saturated rings. The van der Waals surface area contributed by atoms with Crippen molar-refractivity contribution in [2.24, 2.45) is 5.92 Å². The number of likely N-dealkylation sites (N-methyl/N-ethyl adjacent to an activating group) is 1. The number of rotatable bonds is 8. The lowest BCUT2D eigenvalue weighted by molar-refractivity contribution is 0.0765. The minimum absolute atomic E-state index is 0.471. The van der Waals surface area contributed by atoms with E-state index in [-0.39, 0.29) is 0 Å². The smallest absolute Gasteiger partial charge is 0.0702 e. The van der Waals surface area contributed by atoms with Crippen molar-refractivity contribution in [3.8, 4) is 0 Å². The standard InChI is InChI=1S/C14H30N2O/c1-5-8-15-14(12(2)3)11-16(4)10-13-7-6-9-17-13/h12-15H,5-11H2,1-4H3. The van der Waals surface area contributed by atoms with Gasteiger partial charge in [0.1, 0.15) is 0 Å². The molecule has 0 aromatic rings. The van der Waals surface area contributed by atoms with Crippen LogP contribution in [0.15, 0.2) is 0 Å². The zero-order chi connectivity index (χ0) is 12.7. The molecule has 2 atom stereocenters. The van der Waals surface area contributed by atoms with Crippen molar-refractivity contribution >= 4 is 0 Å². The zero-order valence-electron chi connectivity index (χ0n) is 12.0. The highest BCUT2D eigenvalue weighted by atomic mass is 16.5. The summed E-state index contributed by atoms with van der Waals surface area (Å²) in [7, 11) is 2.21. The van der Waals surface area contributed by atoms with Gasteiger partial charge in [0.15, 0.2) is 0 Å². The van der Waals surface area contributed by atoms with Crippen molar-refractivity contribution in [2.45, 2.75) is 52.2 Å². The van der Waals surface area contributed by atoms with Crippen LogP contribution in [0.1, 0.15) is 40.0 Å². The predicted molar refractivity (Wildman–Crippen MR) is 73.4 cm³/mol. The molecule has 1 heterocycles. The van der Waals surface area contributed by atoms with Gasteiger partial charge in [-0.2, -0.15) is 0 Å². The molecule has 2 unspecified atom stereocenters. The van der Waals surface area contributed by atoms with Crippen molar-refractivity contribution < 1.29 is 4.74 Å². The minimum atomic E-state index is 0.471. The minimum Gasteiger partial charge on any atom is -0.377 e. The van der Waals surface area contributed by atoms with E-state index in [0.29, 0.717) is 18.1 Å². The normalized spacial score (nSPS) is 22.6. The van der Waals surface area contributed by atoms with E-state index in [2.05, 4.69) is 38.0 Å². The van der Waals surface area contributed by atoms with E-state index in [9.17, 15) is 0 Å². The van der Waals surface area contributed by atoms with Crippen LogP contribution in [0.5, 0.6) is 0 Å². The van der Waals surface area contributed by atoms with E-state index in [1.54, 1.807) is 0 Å². The van der Waals surface area contributed by atoms with Gasteiger partial charge in [0, 0.05) is 25.7 Å². The molecule has 3 nitrogen and oxygen atoms in total. The Labute approximate surface area is 107 Å². The van der Waals surface area contributed by atoms with Crippen molar-refractivity contribution in [1.82, 2.24) is 10.2 Å². The van der Waals surface area contributed by atoms with E-state index in [1.807, 2.05) is 0 Å². The van der Waals surface area contributed by atoms with E-state index < -0.39 is 0 Å². The van der Waals surface area contributed by atoms with Gasteiger partial charge in [-0.3, -0.25) is 0 Å². The van der Waals surface area contributed by atoms with Crippen LogP contribution in [-0.4, -0.2) is 50.3 Å². The molecule has 1 N–H and O–H groups in total. The monoisotopic (exact) mass is 242 g/mol. The van der Waals surface area contributed by atoms with E-state index in [4.69, 9.17) is 4.74 Å². The Bertz CT molecular complexity index is 191. The zero-order valence-corrected chi connectivity index (χ0v) is 12.0. The summed E-state index contributed by atoms with van der Waals surface area (Å²) < 4.78 is 5.68. The maximum atomic E-state index is 5.68. The summed E-state index contributed by atoms with van der Waals surface area (Å²) in [4.78, 5) is 2.42. The van der Waals surface area contributed by atoms with Crippen molar-refractivity contribution in [2.75, 3.05) is 33.3 Å². The summed E-state index contributed by atoms with van der Waals surface area (Å²) in [5, 5.41) is 3.64. The van der Waals surface area contributed by atoms with Gasteiger partial charge in [-0.25, -0.2) is 0 Å². The third-order valence-electron chi connectivity index (χ3n) is 3.51. The topological polar surface area (TPSA) is 24.5 Å². The molecule has 3 heteroatoms. The molecule has 0 aromatic heterocycles. The molecule has 17 heavy (non-hydrogen) atoms. The largest absolute Gasteiger partial charge is 0.377 e. The quantitative estimate of drug-likeness (QED) is 0.705. The maximum Gasteiger partial charge on any atom is 0.0702 e. The van der Waals surface area contributed by atoms with Gasteiger partial charge in [0.05, 0.1) is 6.10 Å². The van der Waals surface area contributed by atoms with E-state index in [1.165, 1.54) is 19.3 Å². The summed E-state index contributed by atoms with van der Waals surface area (Å²) in [5.74, 6) is 0.688. The van der Waals surface area contributed by atoms with Crippen LogP contribution in [0.2, 0.25) is 0 Å². The lowest BCUT2D eigenvalue weighted by Gasteiger charge is -2.29. The first kappa shape index (κ1) is 14.9. The second kappa shape index (κ2) is 8.06. The van der Waals surface area contributed by atoms with Gasteiger partial charge in [-0.1, -0.05) is 20.8 Å². The van der Waals surface area contributed by atoms with Gasteiger partial charge in [-0.15, -0.1) is 0 Å². The molecular weight excluding hydrogens is 212 g/mol. The molecule has 1 aliphatic rings.